The molecule has 1 amide bonds. The minimum atomic E-state index is -0.226. The zero-order valence-corrected chi connectivity index (χ0v) is 16.6. The van der Waals surface area contributed by atoms with Crippen molar-refractivity contribution in [3.8, 4) is 0 Å². The van der Waals surface area contributed by atoms with E-state index < -0.39 is 0 Å². The Labute approximate surface area is 171 Å². The van der Waals surface area contributed by atoms with Crippen LogP contribution in [0.25, 0.3) is 21.0 Å². The van der Waals surface area contributed by atoms with Crippen molar-refractivity contribution in [1.82, 2.24) is 20.1 Å². The summed E-state index contributed by atoms with van der Waals surface area (Å²) in [6.45, 7) is 0.252. The van der Waals surface area contributed by atoms with Gasteiger partial charge in [-0.1, -0.05) is 43.2 Å². The van der Waals surface area contributed by atoms with Gasteiger partial charge in [0.05, 0.1) is 33.9 Å². The predicted molar refractivity (Wildman–Crippen MR) is 114 cm³/mol. The summed E-state index contributed by atoms with van der Waals surface area (Å²) in [4.78, 5) is 30.0. The normalized spacial score (nSPS) is 14.6. The number of rotatable bonds is 4. The minimum Gasteiger partial charge on any atom is -0.344 e. The lowest BCUT2D eigenvalue weighted by molar-refractivity contribution is 0.0950. The summed E-state index contributed by atoms with van der Waals surface area (Å²) in [6, 6.07) is 15.3. The third-order valence-electron chi connectivity index (χ3n) is 5.48. The van der Waals surface area contributed by atoms with Gasteiger partial charge in [0, 0.05) is 5.39 Å². The highest BCUT2D eigenvalue weighted by Crippen LogP contribution is 2.28. The van der Waals surface area contributed by atoms with Gasteiger partial charge in [0.2, 0.25) is 0 Å². The largest absolute Gasteiger partial charge is 0.344 e. The maximum atomic E-state index is 12.9. The highest BCUT2D eigenvalue weighted by molar-refractivity contribution is 7.20. The van der Waals surface area contributed by atoms with E-state index in [-0.39, 0.29) is 24.1 Å². The molecule has 29 heavy (non-hydrogen) atoms. The molecule has 2 aromatic carbocycles. The number of hydrogen-bond donors (Lipinski definition) is 1. The number of fused-ring (bicyclic) bond motifs is 2. The van der Waals surface area contributed by atoms with E-state index in [9.17, 15) is 9.59 Å². The zero-order valence-electron chi connectivity index (χ0n) is 15.8. The number of aromatic nitrogens is 3. The van der Waals surface area contributed by atoms with E-state index in [2.05, 4.69) is 15.4 Å². The van der Waals surface area contributed by atoms with Crippen LogP contribution < -0.4 is 10.9 Å². The van der Waals surface area contributed by atoms with Crippen LogP contribution in [-0.2, 0) is 6.54 Å². The standard InChI is InChI=1S/C22H20N4O2S/c27-20(21-24-17-11-5-6-12-19(17)29-21)23-13-18-15-9-3-4-10-16(15)22(28)26(25-18)14-7-1-2-8-14/h3-6,9-12,14H,1-2,7-8,13H2,(H,23,27). The summed E-state index contributed by atoms with van der Waals surface area (Å²) in [6.07, 6.45) is 4.19. The van der Waals surface area contributed by atoms with E-state index >= 15 is 0 Å². The van der Waals surface area contributed by atoms with Gasteiger partial charge < -0.3 is 5.32 Å². The Morgan fingerprint density at radius 2 is 1.79 bits per heavy atom. The first-order valence-electron chi connectivity index (χ1n) is 9.85. The van der Waals surface area contributed by atoms with Crippen molar-refractivity contribution in [3.05, 3.63) is 69.6 Å². The molecular formula is C22H20N4O2S. The average molecular weight is 404 g/mol. The van der Waals surface area contributed by atoms with Crippen molar-refractivity contribution in [2.45, 2.75) is 38.3 Å². The predicted octanol–water partition coefficient (Wildman–Crippen LogP) is 4.05. The van der Waals surface area contributed by atoms with Crippen LogP contribution in [0, 0.1) is 0 Å². The van der Waals surface area contributed by atoms with E-state index in [4.69, 9.17) is 0 Å². The second-order valence-electron chi connectivity index (χ2n) is 7.35. The molecule has 6 nitrogen and oxygen atoms in total. The number of benzene rings is 2. The van der Waals surface area contributed by atoms with Gasteiger partial charge in [0.1, 0.15) is 0 Å². The highest BCUT2D eigenvalue weighted by atomic mass is 32.1. The van der Waals surface area contributed by atoms with Crippen LogP contribution in [-0.4, -0.2) is 20.7 Å². The SMILES string of the molecule is O=C(NCc1nn(C2CCCC2)c(=O)c2ccccc12)c1nc2ccccc2s1. The molecule has 0 aliphatic heterocycles. The molecule has 1 fully saturated rings. The van der Waals surface area contributed by atoms with Gasteiger partial charge in [-0.2, -0.15) is 5.10 Å². The quantitative estimate of drug-likeness (QED) is 0.557. The Morgan fingerprint density at radius 3 is 2.59 bits per heavy atom. The van der Waals surface area contributed by atoms with E-state index in [0.717, 1.165) is 41.3 Å². The second kappa shape index (κ2) is 7.40. The molecule has 1 saturated carbocycles. The molecule has 0 unspecified atom stereocenters. The number of carbonyl (C=O) groups excluding carboxylic acids is 1. The van der Waals surface area contributed by atoms with Crippen LogP contribution in [0.5, 0.6) is 0 Å². The number of para-hydroxylation sites is 1. The molecule has 1 aliphatic rings. The zero-order chi connectivity index (χ0) is 19.8. The first-order chi connectivity index (χ1) is 14.2. The average Bonchev–Trinajstić information content (AvgIpc) is 3.43. The van der Waals surface area contributed by atoms with Crippen molar-refractivity contribution in [1.29, 1.82) is 0 Å². The fraction of sp³-hybridized carbons (Fsp3) is 0.273. The lowest BCUT2D eigenvalue weighted by atomic mass is 10.1. The second-order valence-corrected chi connectivity index (χ2v) is 8.38. The van der Waals surface area contributed by atoms with Crippen molar-refractivity contribution in [2.75, 3.05) is 0 Å². The van der Waals surface area contributed by atoms with E-state index in [1.165, 1.54) is 11.3 Å². The van der Waals surface area contributed by atoms with Gasteiger partial charge in [-0.05, 0) is 31.0 Å². The molecule has 5 rings (SSSR count). The maximum Gasteiger partial charge on any atom is 0.280 e. The maximum absolute atomic E-state index is 12.9. The summed E-state index contributed by atoms with van der Waals surface area (Å²) in [5.74, 6) is -0.226. The number of carbonyl (C=O) groups is 1. The first-order valence-corrected chi connectivity index (χ1v) is 10.7. The van der Waals surface area contributed by atoms with Crippen LogP contribution in [0.4, 0.5) is 0 Å². The number of amides is 1. The number of nitrogens with zero attached hydrogens (tertiary/aromatic N) is 3. The van der Waals surface area contributed by atoms with Gasteiger partial charge >= 0.3 is 0 Å². The van der Waals surface area contributed by atoms with Gasteiger partial charge in [-0.3, -0.25) is 9.59 Å². The molecule has 146 valence electrons. The number of thiazole rings is 1. The van der Waals surface area contributed by atoms with Crippen LogP contribution in [0.2, 0.25) is 0 Å². The smallest absolute Gasteiger partial charge is 0.280 e. The van der Waals surface area contributed by atoms with E-state index in [1.807, 2.05) is 48.5 Å². The Balaban J connectivity index is 1.47. The summed E-state index contributed by atoms with van der Waals surface area (Å²) < 4.78 is 2.62. The van der Waals surface area contributed by atoms with Crippen LogP contribution in [0.15, 0.2) is 53.3 Å². The number of hydrogen-bond acceptors (Lipinski definition) is 5. The lowest BCUT2D eigenvalue weighted by Gasteiger charge is -2.16. The van der Waals surface area contributed by atoms with Gasteiger partial charge in [0.15, 0.2) is 5.01 Å². The molecule has 1 aliphatic carbocycles. The molecule has 0 atom stereocenters. The highest BCUT2D eigenvalue weighted by Gasteiger charge is 2.22. The van der Waals surface area contributed by atoms with Crippen LogP contribution >= 0.6 is 11.3 Å². The number of nitrogens with one attached hydrogen (secondary N) is 1. The Morgan fingerprint density at radius 1 is 1.07 bits per heavy atom. The molecule has 0 bridgehead atoms. The summed E-state index contributed by atoms with van der Waals surface area (Å²) in [5, 5.41) is 9.47. The molecule has 0 saturated heterocycles. The molecular weight excluding hydrogens is 384 g/mol. The van der Waals surface area contributed by atoms with Crippen molar-refractivity contribution in [3.63, 3.8) is 0 Å². The molecule has 4 aromatic rings. The minimum absolute atomic E-state index is 0.0475. The van der Waals surface area contributed by atoms with Crippen LogP contribution in [0.3, 0.4) is 0 Å². The molecule has 2 aromatic heterocycles. The fourth-order valence-electron chi connectivity index (χ4n) is 4.01. The Kier molecular flexibility index (Phi) is 4.60. The topological polar surface area (TPSA) is 76.9 Å². The molecule has 1 N–H and O–H groups in total. The summed E-state index contributed by atoms with van der Waals surface area (Å²) in [7, 11) is 0. The first kappa shape index (κ1) is 18.0. The fourth-order valence-corrected chi connectivity index (χ4v) is 4.89. The summed E-state index contributed by atoms with van der Waals surface area (Å²) >= 11 is 1.37. The van der Waals surface area contributed by atoms with Crippen molar-refractivity contribution in [2.24, 2.45) is 0 Å². The Hall–Kier alpha value is -3.06. The lowest BCUT2D eigenvalue weighted by Crippen LogP contribution is -2.30. The van der Waals surface area contributed by atoms with Gasteiger partial charge in [0.25, 0.3) is 11.5 Å². The van der Waals surface area contributed by atoms with Crippen molar-refractivity contribution >= 4 is 38.2 Å². The molecule has 7 heteroatoms. The molecule has 0 radical (unpaired) electrons. The Bertz CT molecular complexity index is 1240. The van der Waals surface area contributed by atoms with Gasteiger partial charge in [-0.15, -0.1) is 11.3 Å². The third kappa shape index (κ3) is 3.31. The van der Waals surface area contributed by atoms with Crippen LogP contribution in [0.1, 0.15) is 47.2 Å². The summed E-state index contributed by atoms with van der Waals surface area (Å²) in [5.41, 5.74) is 1.48. The van der Waals surface area contributed by atoms with Crippen molar-refractivity contribution < 1.29 is 4.79 Å². The monoisotopic (exact) mass is 404 g/mol. The third-order valence-corrected chi connectivity index (χ3v) is 6.52. The van der Waals surface area contributed by atoms with Gasteiger partial charge in [-0.25, -0.2) is 9.67 Å². The molecule has 0 spiro atoms. The molecule has 2 heterocycles. The van der Waals surface area contributed by atoms with E-state index in [1.54, 1.807) is 4.68 Å². The van der Waals surface area contributed by atoms with E-state index in [0.29, 0.717) is 16.1 Å².